The summed E-state index contributed by atoms with van der Waals surface area (Å²) in [5.41, 5.74) is 4.81. The Bertz CT molecular complexity index is 1030. The summed E-state index contributed by atoms with van der Waals surface area (Å²) < 4.78 is 1.95. The van der Waals surface area contributed by atoms with E-state index in [1.165, 1.54) is 10.5 Å². The van der Waals surface area contributed by atoms with E-state index in [-0.39, 0.29) is 17.4 Å². The van der Waals surface area contributed by atoms with Gasteiger partial charge in [0, 0.05) is 23.9 Å². The lowest BCUT2D eigenvalue weighted by Crippen LogP contribution is -3.05. The molecule has 0 saturated heterocycles. The van der Waals surface area contributed by atoms with Crippen LogP contribution in [0.4, 0.5) is 5.69 Å². The van der Waals surface area contributed by atoms with Crippen molar-refractivity contribution < 1.29 is 9.69 Å². The van der Waals surface area contributed by atoms with Crippen LogP contribution in [0.25, 0.3) is 0 Å². The van der Waals surface area contributed by atoms with Gasteiger partial charge < -0.3 is 10.2 Å². The molecule has 3 N–H and O–H groups in total. The van der Waals surface area contributed by atoms with Crippen LogP contribution in [0.5, 0.6) is 0 Å². The third kappa shape index (κ3) is 4.88. The average molecular weight is 422 g/mol. The number of fused-ring (bicyclic) bond motifs is 1. The molecule has 0 radical (unpaired) electrons. The van der Waals surface area contributed by atoms with Gasteiger partial charge in [0.2, 0.25) is 0 Å². The fourth-order valence-corrected chi connectivity index (χ4v) is 4.35. The maximum Gasteiger partial charge on any atom is 0.276 e. The minimum Gasteiger partial charge on any atom is -0.340 e. The zero-order valence-corrected chi connectivity index (χ0v) is 18.9. The molecule has 2 aromatic heterocycles. The standard InChI is InChI=1S/C24H32N6O/c1-24(2)12-10-19-20(14-24)27-28-22(19)23(31)26-18-15-25-30(16-18)21(11-13-29(3)4)17-8-6-5-7-9-17/h5-9,15-16,21H,10-14H2,1-4H3,(H,26,31)(H,27,28)/p+1/t21-/m0/s1. The lowest BCUT2D eigenvalue weighted by atomic mass is 9.76. The van der Waals surface area contributed by atoms with Crippen molar-refractivity contribution in [3.8, 4) is 0 Å². The second kappa shape index (κ2) is 8.67. The number of rotatable bonds is 7. The van der Waals surface area contributed by atoms with Crippen molar-refractivity contribution in [3.05, 3.63) is 65.2 Å². The highest BCUT2D eigenvalue weighted by atomic mass is 16.2. The maximum atomic E-state index is 12.9. The van der Waals surface area contributed by atoms with Gasteiger partial charge in [-0.15, -0.1) is 0 Å². The number of nitrogens with one attached hydrogen (secondary N) is 3. The average Bonchev–Trinajstić information content (AvgIpc) is 3.34. The molecule has 4 rings (SSSR count). The van der Waals surface area contributed by atoms with E-state index in [1.54, 1.807) is 6.20 Å². The highest BCUT2D eigenvalue weighted by Gasteiger charge is 2.30. The molecule has 0 fully saturated rings. The van der Waals surface area contributed by atoms with Crippen molar-refractivity contribution in [2.45, 2.75) is 45.6 Å². The van der Waals surface area contributed by atoms with Crippen molar-refractivity contribution in [1.29, 1.82) is 0 Å². The minimum absolute atomic E-state index is 0.127. The van der Waals surface area contributed by atoms with Crippen LogP contribution < -0.4 is 10.2 Å². The van der Waals surface area contributed by atoms with E-state index in [0.717, 1.165) is 43.5 Å². The fraction of sp³-hybridized carbons (Fsp3) is 0.458. The fourth-order valence-electron chi connectivity index (χ4n) is 4.35. The molecule has 1 aliphatic carbocycles. The predicted octanol–water partition coefficient (Wildman–Crippen LogP) is 2.50. The number of hydrogen-bond acceptors (Lipinski definition) is 3. The molecule has 0 unspecified atom stereocenters. The van der Waals surface area contributed by atoms with Gasteiger partial charge in [-0.3, -0.25) is 14.6 Å². The molecule has 0 bridgehead atoms. The van der Waals surface area contributed by atoms with Crippen molar-refractivity contribution >= 4 is 11.6 Å². The number of hydrogen-bond donors (Lipinski definition) is 3. The van der Waals surface area contributed by atoms with Gasteiger partial charge in [-0.2, -0.15) is 10.2 Å². The van der Waals surface area contributed by atoms with Gasteiger partial charge in [0.05, 0.1) is 38.6 Å². The number of benzene rings is 1. The summed E-state index contributed by atoms with van der Waals surface area (Å²) in [5, 5.41) is 15.0. The monoisotopic (exact) mass is 421 g/mol. The van der Waals surface area contributed by atoms with Gasteiger partial charge in [0.25, 0.3) is 5.91 Å². The van der Waals surface area contributed by atoms with Crippen LogP contribution in [0, 0.1) is 5.41 Å². The first-order valence-electron chi connectivity index (χ1n) is 11.1. The van der Waals surface area contributed by atoms with Gasteiger partial charge >= 0.3 is 0 Å². The molecule has 3 aromatic rings. The first-order chi connectivity index (χ1) is 14.8. The Morgan fingerprint density at radius 1 is 1.29 bits per heavy atom. The maximum absolute atomic E-state index is 12.9. The molecule has 164 valence electrons. The van der Waals surface area contributed by atoms with Crippen LogP contribution in [0.2, 0.25) is 0 Å². The summed E-state index contributed by atoms with van der Waals surface area (Å²) >= 11 is 0. The second-order valence-corrected chi connectivity index (χ2v) is 9.71. The summed E-state index contributed by atoms with van der Waals surface area (Å²) in [6, 6.07) is 10.5. The number of carbonyl (C=O) groups is 1. The first-order valence-corrected chi connectivity index (χ1v) is 11.1. The van der Waals surface area contributed by atoms with E-state index in [1.807, 2.05) is 16.9 Å². The molecule has 0 aliphatic heterocycles. The van der Waals surface area contributed by atoms with E-state index >= 15 is 0 Å². The van der Waals surface area contributed by atoms with Crippen molar-refractivity contribution in [1.82, 2.24) is 20.0 Å². The Balaban J connectivity index is 1.50. The Labute approximate surface area is 183 Å². The molecule has 0 saturated carbocycles. The Morgan fingerprint density at radius 2 is 2.06 bits per heavy atom. The summed E-state index contributed by atoms with van der Waals surface area (Å²) in [7, 11) is 4.31. The molecule has 1 atom stereocenters. The highest BCUT2D eigenvalue weighted by molar-refractivity contribution is 6.03. The SMILES string of the molecule is C[NH+](C)CC[C@@H](c1ccccc1)n1cc(NC(=O)c2n[nH]c3c2CCC(C)(C)C3)cn1. The zero-order valence-electron chi connectivity index (χ0n) is 18.9. The quantitative estimate of drug-likeness (QED) is 0.548. The lowest BCUT2D eigenvalue weighted by Gasteiger charge is -2.28. The van der Waals surface area contributed by atoms with Gasteiger partial charge in [-0.25, -0.2) is 0 Å². The van der Waals surface area contributed by atoms with Crippen LogP contribution >= 0.6 is 0 Å². The smallest absolute Gasteiger partial charge is 0.276 e. The summed E-state index contributed by atoms with van der Waals surface area (Å²) in [4.78, 5) is 14.3. The third-order valence-corrected chi connectivity index (χ3v) is 6.16. The lowest BCUT2D eigenvalue weighted by molar-refractivity contribution is -0.858. The number of H-pyrrole nitrogens is 1. The van der Waals surface area contributed by atoms with Crippen LogP contribution in [0.15, 0.2) is 42.7 Å². The van der Waals surface area contributed by atoms with E-state index in [9.17, 15) is 4.79 Å². The molecule has 7 nitrogen and oxygen atoms in total. The van der Waals surface area contributed by atoms with Gasteiger partial charge in [-0.05, 0) is 30.2 Å². The van der Waals surface area contributed by atoms with Gasteiger partial charge in [0.15, 0.2) is 5.69 Å². The molecule has 1 aromatic carbocycles. The van der Waals surface area contributed by atoms with E-state index in [2.05, 4.69) is 72.8 Å². The highest BCUT2D eigenvalue weighted by Crippen LogP contribution is 2.35. The predicted molar refractivity (Wildman–Crippen MR) is 121 cm³/mol. The van der Waals surface area contributed by atoms with E-state index in [0.29, 0.717) is 11.4 Å². The molecule has 1 aliphatic rings. The van der Waals surface area contributed by atoms with E-state index < -0.39 is 0 Å². The van der Waals surface area contributed by atoms with Crippen LogP contribution in [-0.2, 0) is 12.8 Å². The van der Waals surface area contributed by atoms with Crippen LogP contribution in [0.1, 0.15) is 60.0 Å². The number of anilines is 1. The largest absolute Gasteiger partial charge is 0.340 e. The molecule has 0 spiro atoms. The number of nitrogens with zero attached hydrogens (tertiary/aromatic N) is 3. The molecule has 7 heteroatoms. The van der Waals surface area contributed by atoms with E-state index in [4.69, 9.17) is 0 Å². The van der Waals surface area contributed by atoms with Crippen molar-refractivity contribution in [2.24, 2.45) is 5.41 Å². The molecule has 1 amide bonds. The molecule has 2 heterocycles. The molecular weight excluding hydrogens is 388 g/mol. The first kappa shape index (κ1) is 21.3. The van der Waals surface area contributed by atoms with Crippen molar-refractivity contribution in [3.63, 3.8) is 0 Å². The number of aromatic amines is 1. The Morgan fingerprint density at radius 3 is 2.81 bits per heavy atom. The number of aromatic nitrogens is 4. The summed E-state index contributed by atoms with van der Waals surface area (Å²) in [6.07, 6.45) is 7.47. The Hall–Kier alpha value is -2.93. The third-order valence-electron chi connectivity index (χ3n) is 6.16. The number of amides is 1. The normalized spacial score (nSPS) is 16.2. The topological polar surface area (TPSA) is 80.0 Å². The number of quaternary nitrogens is 1. The van der Waals surface area contributed by atoms with Crippen LogP contribution in [0.3, 0.4) is 0 Å². The van der Waals surface area contributed by atoms with Gasteiger partial charge in [0.1, 0.15) is 0 Å². The molecule has 31 heavy (non-hydrogen) atoms. The minimum atomic E-state index is -0.175. The summed E-state index contributed by atoms with van der Waals surface area (Å²) in [6.45, 7) is 5.54. The zero-order chi connectivity index (χ0) is 22.0. The van der Waals surface area contributed by atoms with Gasteiger partial charge in [-0.1, -0.05) is 44.2 Å². The Kier molecular flexibility index (Phi) is 5.96. The molecular formula is C24H33N6O+. The van der Waals surface area contributed by atoms with Crippen molar-refractivity contribution in [2.75, 3.05) is 26.0 Å². The summed E-state index contributed by atoms with van der Waals surface area (Å²) in [5.74, 6) is -0.175. The van der Waals surface area contributed by atoms with Crippen LogP contribution in [-0.4, -0.2) is 46.5 Å². The number of carbonyl (C=O) groups excluding carboxylic acids is 1. The second-order valence-electron chi connectivity index (χ2n) is 9.71.